The standard InChI is InChI=1S/C25H26F2N4O3S/c1-4-11-28-24(32)15-9-8-14(2)17(13-15)21-16-10-12-31(33)23(20-18(26)6-5-7-19(20)27)22(16)30-25(29-21)35(3)34/h5-9,13,23,31H,4,10-12H2,1-3H3,(H,28,32). The van der Waals surface area contributed by atoms with Gasteiger partial charge in [-0.15, -0.1) is 0 Å². The number of hydroxylamine groups is 2. The van der Waals surface area contributed by atoms with E-state index in [-0.39, 0.29) is 40.3 Å². The van der Waals surface area contributed by atoms with Gasteiger partial charge >= 0.3 is 0 Å². The molecule has 35 heavy (non-hydrogen) atoms. The second kappa shape index (κ2) is 10.3. The van der Waals surface area contributed by atoms with Gasteiger partial charge in [-0.3, -0.25) is 9.00 Å². The van der Waals surface area contributed by atoms with Crippen molar-refractivity contribution >= 4 is 16.7 Å². The molecule has 10 heteroatoms. The average Bonchev–Trinajstić information content (AvgIpc) is 2.83. The Hall–Kier alpha value is -3.08. The van der Waals surface area contributed by atoms with Crippen LogP contribution in [0.25, 0.3) is 11.3 Å². The van der Waals surface area contributed by atoms with E-state index in [4.69, 9.17) is 0 Å². The topological polar surface area (TPSA) is 99.5 Å². The second-order valence-corrected chi connectivity index (χ2v) is 9.77. The molecule has 0 bridgehead atoms. The van der Waals surface area contributed by atoms with E-state index in [0.29, 0.717) is 28.9 Å². The second-order valence-electron chi connectivity index (χ2n) is 8.49. The number of amides is 1. The molecule has 3 atom stereocenters. The molecule has 2 N–H and O–H groups in total. The van der Waals surface area contributed by atoms with Crippen LogP contribution in [0.1, 0.15) is 52.1 Å². The Kier molecular flexibility index (Phi) is 7.34. The number of benzene rings is 2. The molecular formula is C25H26F2N4O3S. The Morgan fingerprint density at radius 2 is 1.94 bits per heavy atom. The molecule has 1 aliphatic rings. The monoisotopic (exact) mass is 500 g/mol. The lowest BCUT2D eigenvalue weighted by molar-refractivity contribution is -0.878. The summed E-state index contributed by atoms with van der Waals surface area (Å²) in [6.45, 7) is 4.38. The molecule has 1 aromatic heterocycles. The number of quaternary nitrogens is 1. The number of nitrogens with one attached hydrogen (secondary N) is 2. The number of hydrogen-bond donors (Lipinski definition) is 2. The minimum absolute atomic E-state index is 0.0459. The predicted molar refractivity (Wildman–Crippen MR) is 128 cm³/mol. The highest BCUT2D eigenvalue weighted by Gasteiger charge is 2.37. The van der Waals surface area contributed by atoms with E-state index in [1.807, 2.05) is 13.8 Å². The minimum Gasteiger partial charge on any atom is -0.634 e. The summed E-state index contributed by atoms with van der Waals surface area (Å²) in [5.74, 6) is -1.93. The number of aromatic nitrogens is 2. The van der Waals surface area contributed by atoms with Crippen LogP contribution in [0.5, 0.6) is 0 Å². The molecule has 0 saturated heterocycles. The fourth-order valence-electron chi connectivity index (χ4n) is 4.30. The van der Waals surface area contributed by atoms with Crippen LogP contribution >= 0.6 is 0 Å². The van der Waals surface area contributed by atoms with E-state index in [1.165, 1.54) is 12.3 Å². The molecule has 4 rings (SSSR count). The van der Waals surface area contributed by atoms with Crippen molar-refractivity contribution < 1.29 is 22.8 Å². The molecule has 0 aliphatic carbocycles. The van der Waals surface area contributed by atoms with Gasteiger partial charge in [0.15, 0.2) is 6.04 Å². The maximum atomic E-state index is 14.8. The van der Waals surface area contributed by atoms with E-state index in [9.17, 15) is 23.0 Å². The van der Waals surface area contributed by atoms with Crippen LogP contribution in [0.15, 0.2) is 41.6 Å². The summed E-state index contributed by atoms with van der Waals surface area (Å²) in [6.07, 6.45) is 2.45. The Labute approximate surface area is 204 Å². The van der Waals surface area contributed by atoms with E-state index < -0.39 is 28.5 Å². The first-order valence-electron chi connectivity index (χ1n) is 11.3. The van der Waals surface area contributed by atoms with Crippen LogP contribution in [0, 0.1) is 23.8 Å². The third-order valence-electron chi connectivity index (χ3n) is 6.07. The van der Waals surface area contributed by atoms with Crippen molar-refractivity contribution in [3.05, 3.63) is 81.2 Å². The third-order valence-corrected chi connectivity index (χ3v) is 6.77. The predicted octanol–water partition coefficient (Wildman–Crippen LogP) is 2.64. The smallest absolute Gasteiger partial charge is 0.251 e. The van der Waals surface area contributed by atoms with E-state index in [2.05, 4.69) is 15.3 Å². The third kappa shape index (κ3) is 4.86. The number of hydrogen-bond acceptors (Lipinski definition) is 5. The summed E-state index contributed by atoms with van der Waals surface area (Å²) in [7, 11) is -1.63. The van der Waals surface area contributed by atoms with Crippen LogP contribution in [-0.2, 0) is 17.2 Å². The molecule has 1 amide bonds. The minimum atomic E-state index is -1.63. The molecule has 0 fully saturated rings. The lowest BCUT2D eigenvalue weighted by Crippen LogP contribution is -3.09. The highest BCUT2D eigenvalue weighted by molar-refractivity contribution is 7.84. The van der Waals surface area contributed by atoms with Crippen molar-refractivity contribution in [1.82, 2.24) is 15.3 Å². The van der Waals surface area contributed by atoms with Crippen molar-refractivity contribution in [2.75, 3.05) is 19.3 Å². The molecule has 3 unspecified atom stereocenters. The maximum Gasteiger partial charge on any atom is 0.251 e. The molecule has 184 valence electrons. The van der Waals surface area contributed by atoms with E-state index in [0.717, 1.165) is 24.1 Å². The highest BCUT2D eigenvalue weighted by Crippen LogP contribution is 2.35. The van der Waals surface area contributed by atoms with Gasteiger partial charge in [-0.1, -0.05) is 19.1 Å². The van der Waals surface area contributed by atoms with Crippen molar-refractivity contribution in [2.45, 2.75) is 37.9 Å². The Balaban J connectivity index is 1.95. The maximum absolute atomic E-state index is 14.8. The lowest BCUT2D eigenvalue weighted by Gasteiger charge is -2.37. The van der Waals surface area contributed by atoms with Crippen LogP contribution in [-0.4, -0.2) is 39.4 Å². The van der Waals surface area contributed by atoms with Gasteiger partial charge in [0, 0.05) is 35.9 Å². The summed E-state index contributed by atoms with van der Waals surface area (Å²) < 4.78 is 41.9. The summed E-state index contributed by atoms with van der Waals surface area (Å²) in [5.41, 5.74) is 2.59. The van der Waals surface area contributed by atoms with Gasteiger partial charge in [0.25, 0.3) is 5.91 Å². The number of carbonyl (C=O) groups is 1. The Morgan fingerprint density at radius 3 is 2.60 bits per heavy atom. The number of carbonyl (C=O) groups excluding carboxylic acids is 1. The summed E-state index contributed by atoms with van der Waals surface area (Å²) in [6, 6.07) is 7.35. The SMILES string of the molecule is CCCNC(=O)c1ccc(C)c(-c2nc(S(C)=O)nc3c2CC[NH+]([O-])C3c2c(F)cccc2F)c1. The van der Waals surface area contributed by atoms with Gasteiger partial charge in [0.05, 0.1) is 28.6 Å². The molecule has 2 aromatic carbocycles. The van der Waals surface area contributed by atoms with Gasteiger partial charge in [-0.25, -0.2) is 18.7 Å². The number of fused-ring (bicyclic) bond motifs is 1. The average molecular weight is 501 g/mol. The zero-order valence-electron chi connectivity index (χ0n) is 19.7. The van der Waals surface area contributed by atoms with Crippen LogP contribution in [0.2, 0.25) is 0 Å². The zero-order chi connectivity index (χ0) is 25.3. The molecule has 2 heterocycles. The quantitative estimate of drug-likeness (QED) is 0.401. The van der Waals surface area contributed by atoms with Crippen molar-refractivity contribution in [2.24, 2.45) is 0 Å². The van der Waals surface area contributed by atoms with Gasteiger partial charge in [0.2, 0.25) is 5.16 Å². The normalized spacial score (nSPS) is 18.1. The lowest BCUT2D eigenvalue weighted by atomic mass is 9.89. The Bertz CT molecular complexity index is 1300. The van der Waals surface area contributed by atoms with Gasteiger partial charge in [-0.2, -0.15) is 0 Å². The van der Waals surface area contributed by atoms with Crippen molar-refractivity contribution in [3.8, 4) is 11.3 Å². The molecule has 7 nitrogen and oxygen atoms in total. The zero-order valence-corrected chi connectivity index (χ0v) is 20.5. The Morgan fingerprint density at radius 1 is 1.23 bits per heavy atom. The van der Waals surface area contributed by atoms with Gasteiger partial charge in [-0.05, 0) is 43.2 Å². The molecule has 0 saturated carbocycles. The number of nitrogens with zero attached hydrogens (tertiary/aromatic N) is 2. The van der Waals surface area contributed by atoms with Crippen molar-refractivity contribution in [1.29, 1.82) is 0 Å². The molecule has 1 aliphatic heterocycles. The van der Waals surface area contributed by atoms with Crippen LogP contribution < -0.4 is 10.4 Å². The summed E-state index contributed by atoms with van der Waals surface area (Å²) in [4.78, 5) is 21.5. The first-order valence-corrected chi connectivity index (χ1v) is 12.9. The summed E-state index contributed by atoms with van der Waals surface area (Å²) in [5, 5.41) is 15.4. The number of halogens is 2. The largest absolute Gasteiger partial charge is 0.634 e. The fourth-order valence-corrected chi connectivity index (χ4v) is 4.75. The first-order chi connectivity index (χ1) is 16.7. The molecule has 0 spiro atoms. The van der Waals surface area contributed by atoms with Gasteiger partial charge in [0.1, 0.15) is 17.3 Å². The van der Waals surface area contributed by atoms with Gasteiger partial charge < -0.3 is 15.6 Å². The molecule has 3 aromatic rings. The van der Waals surface area contributed by atoms with E-state index >= 15 is 0 Å². The van der Waals surface area contributed by atoms with Crippen LogP contribution in [0.3, 0.4) is 0 Å². The van der Waals surface area contributed by atoms with E-state index in [1.54, 1.807) is 18.2 Å². The highest BCUT2D eigenvalue weighted by atomic mass is 32.2. The first kappa shape index (κ1) is 25.0. The summed E-state index contributed by atoms with van der Waals surface area (Å²) >= 11 is 0. The molecular weight excluding hydrogens is 474 g/mol. The molecule has 0 radical (unpaired) electrons. The van der Waals surface area contributed by atoms with Crippen LogP contribution in [0.4, 0.5) is 8.78 Å². The number of aryl methyl sites for hydroxylation is 1. The van der Waals surface area contributed by atoms with Crippen molar-refractivity contribution in [3.63, 3.8) is 0 Å². The fraction of sp³-hybridized carbons (Fsp3) is 0.320. The number of rotatable bonds is 6.